The molecule has 0 aromatic carbocycles. The lowest BCUT2D eigenvalue weighted by Gasteiger charge is -2.03. The molecule has 0 aliphatic heterocycles. The third-order valence-electron chi connectivity index (χ3n) is 0.601. The van der Waals surface area contributed by atoms with E-state index in [0.717, 1.165) is 0 Å². The van der Waals surface area contributed by atoms with Crippen LogP contribution in [-0.4, -0.2) is 16.1 Å². The third kappa shape index (κ3) is 5.30. The molecule has 0 N–H and O–H groups in total. The molecule has 50 valence electrons. The Balaban J connectivity index is 3.10. The fourth-order valence-corrected chi connectivity index (χ4v) is 1.17. The Labute approximate surface area is 69.0 Å². The van der Waals surface area contributed by atoms with E-state index in [1.165, 1.54) is 0 Å². The minimum absolute atomic E-state index is 0.100. The first kappa shape index (κ1) is 9.16. The number of alkyl halides is 4. The second kappa shape index (κ2) is 4.99. The molecule has 1 atom stereocenters. The Kier molecular flexibility index (Phi) is 5.71. The van der Waals surface area contributed by atoms with Gasteiger partial charge in [0.1, 0.15) is 4.84 Å². The second-order valence-corrected chi connectivity index (χ2v) is 3.58. The van der Waals surface area contributed by atoms with Crippen molar-refractivity contribution in [3.63, 3.8) is 0 Å². The maximum atomic E-state index is 5.56. The quantitative estimate of drug-likeness (QED) is 0.608. The number of hydrogen-bond acceptors (Lipinski definition) is 0. The molecule has 0 saturated heterocycles. The van der Waals surface area contributed by atoms with E-state index in [-0.39, 0.29) is 5.38 Å². The van der Waals surface area contributed by atoms with Crippen LogP contribution in [0.2, 0.25) is 0 Å². The normalized spacial score (nSPS) is 14.6. The van der Waals surface area contributed by atoms with E-state index in [2.05, 4.69) is 0 Å². The minimum atomic E-state index is -0.392. The Morgan fingerprint density at radius 1 is 1.12 bits per heavy atom. The molecular formula is C4H6Cl4. The monoisotopic (exact) mass is 194 g/mol. The fourth-order valence-electron chi connectivity index (χ4n) is 0.256. The predicted octanol–water partition coefficient (Wildman–Crippen LogP) is 3.03. The molecule has 1 unspecified atom stereocenters. The van der Waals surface area contributed by atoms with Crippen LogP contribution in [0.25, 0.3) is 0 Å². The highest BCUT2D eigenvalue weighted by atomic mass is 35.5. The number of halogens is 4. The van der Waals surface area contributed by atoms with E-state index in [1.807, 2.05) is 0 Å². The van der Waals surface area contributed by atoms with Gasteiger partial charge in [0.05, 0.1) is 0 Å². The van der Waals surface area contributed by atoms with Gasteiger partial charge in [-0.1, -0.05) is 0 Å². The lowest BCUT2D eigenvalue weighted by molar-refractivity contribution is 0.874. The van der Waals surface area contributed by atoms with Gasteiger partial charge in [-0.05, 0) is 6.42 Å². The number of rotatable bonds is 3. The molecule has 0 bridgehead atoms. The van der Waals surface area contributed by atoms with Gasteiger partial charge >= 0.3 is 0 Å². The van der Waals surface area contributed by atoms with Crippen molar-refractivity contribution in [2.75, 3.05) is 5.88 Å². The van der Waals surface area contributed by atoms with E-state index in [9.17, 15) is 0 Å². The third-order valence-corrected chi connectivity index (χ3v) is 1.82. The van der Waals surface area contributed by atoms with Crippen molar-refractivity contribution in [3.05, 3.63) is 0 Å². The van der Waals surface area contributed by atoms with Crippen LogP contribution in [0.15, 0.2) is 0 Å². The van der Waals surface area contributed by atoms with Crippen LogP contribution in [0, 0.1) is 0 Å². The first-order valence-corrected chi connectivity index (χ1v) is 3.99. The molecule has 0 fully saturated rings. The fraction of sp³-hybridized carbons (Fsp3) is 1.00. The Bertz CT molecular complexity index is 54.0. The lowest BCUT2D eigenvalue weighted by atomic mass is 10.4. The average molecular weight is 196 g/mol. The molecule has 0 radical (unpaired) electrons. The van der Waals surface area contributed by atoms with Gasteiger partial charge in [0.2, 0.25) is 0 Å². The van der Waals surface area contributed by atoms with Gasteiger partial charge in [-0.2, -0.15) is 0 Å². The standard InChI is InChI=1S/C4H6Cl4/c5-2-3(6)1-4(7)8/h3-4H,1-2H2. The zero-order chi connectivity index (χ0) is 6.57. The van der Waals surface area contributed by atoms with Gasteiger partial charge < -0.3 is 0 Å². The van der Waals surface area contributed by atoms with Gasteiger partial charge in [-0.15, -0.1) is 46.4 Å². The highest BCUT2D eigenvalue weighted by Crippen LogP contribution is 2.14. The van der Waals surface area contributed by atoms with Crippen LogP contribution < -0.4 is 0 Å². The molecular weight excluding hydrogens is 190 g/mol. The summed E-state index contributed by atoms with van der Waals surface area (Å²) in [5.41, 5.74) is 0. The molecule has 0 heterocycles. The van der Waals surface area contributed by atoms with Crippen molar-refractivity contribution in [2.24, 2.45) is 0 Å². The molecule has 8 heavy (non-hydrogen) atoms. The van der Waals surface area contributed by atoms with Gasteiger partial charge in [0.25, 0.3) is 0 Å². The minimum Gasteiger partial charge on any atom is -0.125 e. The van der Waals surface area contributed by atoms with Crippen LogP contribution in [0.1, 0.15) is 6.42 Å². The zero-order valence-electron chi connectivity index (χ0n) is 4.08. The molecule has 0 nitrogen and oxygen atoms in total. The summed E-state index contributed by atoms with van der Waals surface area (Å²) in [6.45, 7) is 0. The van der Waals surface area contributed by atoms with Crippen LogP contribution in [-0.2, 0) is 0 Å². The maximum absolute atomic E-state index is 5.56. The summed E-state index contributed by atoms with van der Waals surface area (Å²) < 4.78 is 0. The first-order chi connectivity index (χ1) is 3.66. The molecule has 0 amide bonds. The van der Waals surface area contributed by atoms with Crippen molar-refractivity contribution in [1.29, 1.82) is 0 Å². The van der Waals surface area contributed by atoms with E-state index in [1.54, 1.807) is 0 Å². The van der Waals surface area contributed by atoms with E-state index in [4.69, 9.17) is 46.4 Å². The molecule has 0 aromatic heterocycles. The second-order valence-electron chi connectivity index (χ2n) is 1.38. The SMILES string of the molecule is ClCC(Cl)CC(Cl)Cl. The first-order valence-electron chi connectivity index (χ1n) is 2.15. The van der Waals surface area contributed by atoms with Crippen LogP contribution in [0.4, 0.5) is 0 Å². The van der Waals surface area contributed by atoms with Gasteiger partial charge in [-0.25, -0.2) is 0 Å². The molecule has 0 rings (SSSR count). The van der Waals surface area contributed by atoms with Crippen molar-refractivity contribution < 1.29 is 0 Å². The number of hydrogen-bond donors (Lipinski definition) is 0. The summed E-state index contributed by atoms with van der Waals surface area (Å²) >= 11 is 21.7. The largest absolute Gasteiger partial charge is 0.125 e. The summed E-state index contributed by atoms with van der Waals surface area (Å²) in [6.07, 6.45) is 0.550. The van der Waals surface area contributed by atoms with Crippen LogP contribution in [0.5, 0.6) is 0 Å². The van der Waals surface area contributed by atoms with Gasteiger partial charge in [-0.3, -0.25) is 0 Å². The summed E-state index contributed by atoms with van der Waals surface area (Å²) in [7, 11) is 0. The molecule has 0 aliphatic carbocycles. The molecule has 0 aliphatic rings. The van der Waals surface area contributed by atoms with Crippen molar-refractivity contribution in [3.8, 4) is 0 Å². The van der Waals surface area contributed by atoms with E-state index in [0.29, 0.717) is 12.3 Å². The molecule has 0 spiro atoms. The summed E-state index contributed by atoms with van der Waals surface area (Å²) in [5, 5.41) is -0.100. The molecule has 0 aromatic rings. The predicted molar refractivity (Wildman–Crippen MR) is 40.5 cm³/mol. The van der Waals surface area contributed by atoms with Gasteiger partial charge in [0.15, 0.2) is 0 Å². The van der Waals surface area contributed by atoms with E-state index >= 15 is 0 Å². The Morgan fingerprint density at radius 2 is 1.62 bits per heavy atom. The topological polar surface area (TPSA) is 0 Å². The summed E-state index contributed by atoms with van der Waals surface area (Å²) in [5.74, 6) is 0.400. The maximum Gasteiger partial charge on any atom is 0.109 e. The lowest BCUT2D eigenvalue weighted by Crippen LogP contribution is -2.04. The average Bonchev–Trinajstić information content (AvgIpc) is 1.65. The molecule has 4 heteroatoms. The highest BCUT2D eigenvalue weighted by Gasteiger charge is 2.06. The Hall–Kier alpha value is 1.16. The Morgan fingerprint density at radius 3 is 1.75 bits per heavy atom. The van der Waals surface area contributed by atoms with Crippen molar-refractivity contribution in [1.82, 2.24) is 0 Å². The van der Waals surface area contributed by atoms with Gasteiger partial charge in [0, 0.05) is 11.3 Å². The molecule has 0 saturated carbocycles. The smallest absolute Gasteiger partial charge is 0.109 e. The summed E-state index contributed by atoms with van der Waals surface area (Å²) in [4.78, 5) is -0.392. The van der Waals surface area contributed by atoms with Crippen molar-refractivity contribution >= 4 is 46.4 Å². The van der Waals surface area contributed by atoms with Crippen LogP contribution in [0.3, 0.4) is 0 Å². The highest BCUT2D eigenvalue weighted by molar-refractivity contribution is 6.44. The summed E-state index contributed by atoms with van der Waals surface area (Å²) in [6, 6.07) is 0. The zero-order valence-corrected chi connectivity index (χ0v) is 7.10. The van der Waals surface area contributed by atoms with Crippen LogP contribution >= 0.6 is 46.4 Å². The van der Waals surface area contributed by atoms with Crippen molar-refractivity contribution in [2.45, 2.75) is 16.6 Å². The van der Waals surface area contributed by atoms with E-state index < -0.39 is 4.84 Å².